The molecule has 0 aliphatic rings. The van der Waals surface area contributed by atoms with Crippen molar-refractivity contribution in [3.8, 4) is 10.7 Å². The largest absolute Gasteiger partial charge is 0.370 e. The molecule has 0 spiro atoms. The van der Waals surface area contributed by atoms with Gasteiger partial charge in [0.1, 0.15) is 5.82 Å². The molecule has 0 bridgehead atoms. The Morgan fingerprint density at radius 2 is 2.07 bits per heavy atom. The second-order valence-corrected chi connectivity index (χ2v) is 8.14. The number of anilines is 1. The maximum Gasteiger partial charge on any atom is 0.237 e. The van der Waals surface area contributed by atoms with Crippen molar-refractivity contribution in [1.29, 1.82) is 0 Å². The molecule has 1 aromatic carbocycles. The molecular formula is C18H18FN5O2S2. The minimum atomic E-state index is -0.563. The molecule has 0 saturated carbocycles. The van der Waals surface area contributed by atoms with Crippen molar-refractivity contribution in [3.63, 3.8) is 0 Å². The van der Waals surface area contributed by atoms with Gasteiger partial charge in [-0.3, -0.25) is 9.59 Å². The third-order valence-corrected chi connectivity index (χ3v) is 5.77. The Balaban J connectivity index is 1.78. The quantitative estimate of drug-likeness (QED) is 0.546. The highest BCUT2D eigenvalue weighted by Gasteiger charge is 2.22. The van der Waals surface area contributed by atoms with E-state index in [1.54, 1.807) is 23.6 Å². The van der Waals surface area contributed by atoms with E-state index >= 15 is 0 Å². The average molecular weight is 420 g/mol. The van der Waals surface area contributed by atoms with Gasteiger partial charge >= 0.3 is 0 Å². The highest BCUT2D eigenvalue weighted by Crippen LogP contribution is 2.30. The van der Waals surface area contributed by atoms with Gasteiger partial charge < -0.3 is 15.6 Å². The van der Waals surface area contributed by atoms with Gasteiger partial charge in [0.2, 0.25) is 11.8 Å². The Bertz CT molecular complexity index is 974. The standard InChI is InChI=1S/C18H18FN5O2S2/c1-11(17(26)21-13-6-3-2-5-12(13)19)28-18-23-22-16(14-7-4-10-27-14)24(18)9-8-15(20)25/h2-7,10-11H,8-9H2,1H3,(H2,20,25)(H,21,26)/t11-/m1/s1. The molecule has 0 fully saturated rings. The van der Waals surface area contributed by atoms with Gasteiger partial charge in [0, 0.05) is 13.0 Å². The molecule has 3 N–H and O–H groups in total. The van der Waals surface area contributed by atoms with Crippen LogP contribution in [0.2, 0.25) is 0 Å². The molecule has 2 heterocycles. The molecule has 2 aromatic heterocycles. The fraction of sp³-hybridized carbons (Fsp3) is 0.222. The molecule has 0 aliphatic carbocycles. The number of carbonyl (C=O) groups excluding carboxylic acids is 2. The van der Waals surface area contributed by atoms with Crippen LogP contribution in [0.25, 0.3) is 10.7 Å². The zero-order valence-corrected chi connectivity index (χ0v) is 16.6. The number of hydrogen-bond acceptors (Lipinski definition) is 6. The third-order valence-electron chi connectivity index (χ3n) is 3.82. The molecule has 3 aromatic rings. The van der Waals surface area contributed by atoms with Gasteiger partial charge in [-0.15, -0.1) is 21.5 Å². The Morgan fingerprint density at radius 3 is 2.75 bits per heavy atom. The summed E-state index contributed by atoms with van der Waals surface area (Å²) in [4.78, 5) is 24.6. The molecule has 3 rings (SSSR count). The van der Waals surface area contributed by atoms with E-state index in [-0.39, 0.29) is 18.0 Å². The predicted molar refractivity (Wildman–Crippen MR) is 107 cm³/mol. The lowest BCUT2D eigenvalue weighted by Gasteiger charge is -2.13. The smallest absolute Gasteiger partial charge is 0.237 e. The van der Waals surface area contributed by atoms with Gasteiger partial charge in [-0.2, -0.15) is 0 Å². The lowest BCUT2D eigenvalue weighted by molar-refractivity contribution is -0.118. The molecule has 0 saturated heterocycles. The molecule has 146 valence electrons. The number of thiophene rings is 1. The lowest BCUT2D eigenvalue weighted by atomic mass is 10.3. The van der Waals surface area contributed by atoms with Crippen LogP contribution < -0.4 is 11.1 Å². The summed E-state index contributed by atoms with van der Waals surface area (Å²) in [6.07, 6.45) is 0.125. The monoisotopic (exact) mass is 419 g/mol. The molecule has 0 aliphatic heterocycles. The number of benzene rings is 1. The van der Waals surface area contributed by atoms with E-state index in [0.717, 1.165) is 4.88 Å². The fourth-order valence-corrected chi connectivity index (χ4v) is 3.99. The fourth-order valence-electron chi connectivity index (χ4n) is 2.40. The number of nitrogens with one attached hydrogen (secondary N) is 1. The van der Waals surface area contributed by atoms with Gasteiger partial charge in [0.25, 0.3) is 0 Å². The van der Waals surface area contributed by atoms with Crippen molar-refractivity contribution in [1.82, 2.24) is 14.8 Å². The summed E-state index contributed by atoms with van der Waals surface area (Å²) < 4.78 is 15.5. The minimum Gasteiger partial charge on any atom is -0.370 e. The van der Waals surface area contributed by atoms with E-state index in [2.05, 4.69) is 15.5 Å². The molecule has 28 heavy (non-hydrogen) atoms. The van der Waals surface area contributed by atoms with Crippen LogP contribution in [0.3, 0.4) is 0 Å². The number of carbonyl (C=O) groups is 2. The topological polar surface area (TPSA) is 103 Å². The first-order valence-electron chi connectivity index (χ1n) is 8.43. The number of nitrogens with zero attached hydrogens (tertiary/aromatic N) is 3. The second-order valence-electron chi connectivity index (χ2n) is 5.88. The number of halogens is 1. The summed E-state index contributed by atoms with van der Waals surface area (Å²) >= 11 is 2.68. The number of para-hydroxylation sites is 1. The van der Waals surface area contributed by atoms with Crippen molar-refractivity contribution < 1.29 is 14.0 Å². The van der Waals surface area contributed by atoms with Crippen LogP contribution in [0, 0.1) is 5.82 Å². The van der Waals surface area contributed by atoms with E-state index in [9.17, 15) is 14.0 Å². The van der Waals surface area contributed by atoms with Crippen molar-refractivity contribution in [2.24, 2.45) is 5.73 Å². The molecule has 1 atom stereocenters. The highest BCUT2D eigenvalue weighted by atomic mass is 32.2. The highest BCUT2D eigenvalue weighted by molar-refractivity contribution is 8.00. The van der Waals surface area contributed by atoms with Gasteiger partial charge in [0.15, 0.2) is 11.0 Å². The summed E-state index contributed by atoms with van der Waals surface area (Å²) in [6, 6.07) is 9.76. The van der Waals surface area contributed by atoms with Crippen molar-refractivity contribution in [3.05, 3.63) is 47.6 Å². The molecule has 10 heteroatoms. The van der Waals surface area contributed by atoms with Gasteiger partial charge in [-0.05, 0) is 30.5 Å². The van der Waals surface area contributed by atoms with Crippen LogP contribution in [-0.2, 0) is 16.1 Å². The molecule has 7 nitrogen and oxygen atoms in total. The van der Waals surface area contributed by atoms with E-state index in [1.807, 2.05) is 17.5 Å². The zero-order valence-electron chi connectivity index (χ0n) is 15.0. The average Bonchev–Trinajstić information content (AvgIpc) is 3.31. The Morgan fingerprint density at radius 1 is 1.29 bits per heavy atom. The first kappa shape index (κ1) is 20.0. The number of aromatic nitrogens is 3. The van der Waals surface area contributed by atoms with Crippen LogP contribution in [0.15, 0.2) is 46.9 Å². The normalized spacial score (nSPS) is 11.9. The van der Waals surface area contributed by atoms with Crippen LogP contribution in [0.1, 0.15) is 13.3 Å². The Kier molecular flexibility index (Phi) is 6.42. The van der Waals surface area contributed by atoms with Crippen molar-refractivity contribution in [2.45, 2.75) is 30.3 Å². The minimum absolute atomic E-state index is 0.120. The van der Waals surface area contributed by atoms with Gasteiger partial charge in [-0.1, -0.05) is 30.0 Å². The third kappa shape index (κ3) is 4.76. The Labute approximate surface area is 169 Å². The van der Waals surface area contributed by atoms with Crippen molar-refractivity contribution in [2.75, 3.05) is 5.32 Å². The summed E-state index contributed by atoms with van der Waals surface area (Å²) in [5, 5.41) is 12.8. The second kappa shape index (κ2) is 8.98. The zero-order chi connectivity index (χ0) is 20.1. The van der Waals surface area contributed by atoms with E-state index in [4.69, 9.17) is 5.73 Å². The van der Waals surface area contributed by atoms with Crippen LogP contribution in [0.4, 0.5) is 10.1 Å². The number of thioether (sulfide) groups is 1. The Hall–Kier alpha value is -2.72. The first-order valence-corrected chi connectivity index (χ1v) is 10.2. The summed E-state index contributed by atoms with van der Waals surface area (Å²) in [6.45, 7) is 2.00. The molecule has 2 amide bonds. The summed E-state index contributed by atoms with van der Waals surface area (Å²) in [7, 11) is 0. The maximum absolute atomic E-state index is 13.8. The lowest BCUT2D eigenvalue weighted by Crippen LogP contribution is -2.23. The number of hydrogen-bond donors (Lipinski definition) is 2. The van der Waals surface area contributed by atoms with Gasteiger partial charge in [-0.25, -0.2) is 4.39 Å². The SMILES string of the molecule is C[C@@H](Sc1nnc(-c2cccs2)n1CCC(N)=O)C(=O)Nc1ccccc1F. The van der Waals surface area contributed by atoms with E-state index < -0.39 is 17.0 Å². The van der Waals surface area contributed by atoms with Gasteiger partial charge in [0.05, 0.1) is 15.8 Å². The number of rotatable bonds is 8. The summed E-state index contributed by atoms with van der Waals surface area (Å²) in [5.41, 5.74) is 5.40. The maximum atomic E-state index is 13.8. The number of primary amides is 1. The molecular weight excluding hydrogens is 401 g/mol. The van der Waals surface area contributed by atoms with Crippen molar-refractivity contribution >= 4 is 40.6 Å². The molecule has 0 radical (unpaired) electrons. The predicted octanol–water partition coefficient (Wildman–Crippen LogP) is 3.14. The van der Waals surface area contributed by atoms with E-state index in [1.165, 1.54) is 35.2 Å². The van der Waals surface area contributed by atoms with E-state index in [0.29, 0.717) is 17.5 Å². The first-order chi connectivity index (χ1) is 13.5. The summed E-state index contributed by atoms with van der Waals surface area (Å²) in [5.74, 6) is -0.692. The van der Waals surface area contributed by atoms with Crippen LogP contribution in [0.5, 0.6) is 0 Å². The number of nitrogens with two attached hydrogens (primary N) is 1. The van der Waals surface area contributed by atoms with Crippen LogP contribution >= 0.6 is 23.1 Å². The number of amides is 2. The van der Waals surface area contributed by atoms with Crippen LogP contribution in [-0.4, -0.2) is 31.8 Å². The molecule has 0 unspecified atom stereocenters.